The Hall–Kier alpha value is -2.92. The molecule has 4 rings (SSSR count). The van der Waals surface area contributed by atoms with Crippen molar-refractivity contribution in [2.45, 2.75) is 6.54 Å². The first kappa shape index (κ1) is 21.3. The van der Waals surface area contributed by atoms with E-state index in [1.807, 2.05) is 30.3 Å². The monoisotopic (exact) mass is 451 g/mol. The van der Waals surface area contributed by atoms with Crippen molar-refractivity contribution in [3.8, 4) is 11.1 Å². The molecular formula is C25H19Cl2NO3. The third kappa shape index (κ3) is 4.42. The number of nitrogens with zero attached hydrogens (tertiary/aromatic N) is 1. The van der Waals surface area contributed by atoms with Crippen LogP contribution in [0.2, 0.25) is 10.0 Å². The van der Waals surface area contributed by atoms with Crippen molar-refractivity contribution in [3.63, 3.8) is 0 Å². The van der Waals surface area contributed by atoms with Gasteiger partial charge in [-0.2, -0.15) is 0 Å². The third-order valence-corrected chi connectivity index (χ3v) is 5.62. The summed E-state index contributed by atoms with van der Waals surface area (Å²) in [5.74, 6) is -0.120. The lowest BCUT2D eigenvalue weighted by atomic mass is 9.96. The fraction of sp³-hybridized carbons (Fsp3) is 0.120. The summed E-state index contributed by atoms with van der Waals surface area (Å²) in [5, 5.41) is 1.93. The number of aromatic nitrogens is 1. The number of fused-ring (bicyclic) bond motifs is 1. The summed E-state index contributed by atoms with van der Waals surface area (Å²) in [5.41, 5.74) is 3.19. The van der Waals surface area contributed by atoms with Crippen LogP contribution in [-0.2, 0) is 11.3 Å². The Morgan fingerprint density at radius 2 is 1.65 bits per heavy atom. The number of pyridine rings is 1. The molecule has 3 aromatic carbocycles. The van der Waals surface area contributed by atoms with Crippen LogP contribution in [0, 0.1) is 0 Å². The van der Waals surface area contributed by atoms with Gasteiger partial charge in [0.2, 0.25) is 0 Å². The van der Waals surface area contributed by atoms with Crippen LogP contribution in [-0.4, -0.2) is 24.1 Å². The number of rotatable bonds is 6. The molecule has 0 N–H and O–H groups in total. The molecular weight excluding hydrogens is 433 g/mol. The molecule has 0 unspecified atom stereocenters. The Kier molecular flexibility index (Phi) is 6.23. The molecule has 0 aliphatic rings. The van der Waals surface area contributed by atoms with Crippen molar-refractivity contribution < 1.29 is 9.53 Å². The highest BCUT2D eigenvalue weighted by atomic mass is 35.5. The zero-order chi connectivity index (χ0) is 22.0. The van der Waals surface area contributed by atoms with E-state index < -0.39 is 0 Å². The Labute approximate surface area is 189 Å². The van der Waals surface area contributed by atoms with E-state index in [1.165, 1.54) is 0 Å². The fourth-order valence-electron chi connectivity index (χ4n) is 3.60. The first-order chi connectivity index (χ1) is 15.0. The van der Waals surface area contributed by atoms with Crippen molar-refractivity contribution >= 4 is 39.9 Å². The van der Waals surface area contributed by atoms with Crippen molar-refractivity contribution in [2.24, 2.45) is 0 Å². The third-order valence-electron chi connectivity index (χ3n) is 5.13. The molecule has 4 nitrogen and oxygen atoms in total. The van der Waals surface area contributed by atoms with Crippen LogP contribution < -0.4 is 5.56 Å². The molecule has 4 aromatic rings. The van der Waals surface area contributed by atoms with E-state index in [4.69, 9.17) is 27.9 Å². The number of carbonyl (C=O) groups is 1. The summed E-state index contributed by atoms with van der Waals surface area (Å²) >= 11 is 12.1. The van der Waals surface area contributed by atoms with Gasteiger partial charge in [0.15, 0.2) is 5.78 Å². The number of benzene rings is 3. The second kappa shape index (κ2) is 9.06. The number of hydrogen-bond donors (Lipinski definition) is 0. The molecule has 0 fully saturated rings. The van der Waals surface area contributed by atoms with Crippen molar-refractivity contribution in [1.29, 1.82) is 0 Å². The lowest BCUT2D eigenvalue weighted by molar-refractivity contribution is 0.103. The van der Waals surface area contributed by atoms with Gasteiger partial charge in [0, 0.05) is 46.3 Å². The van der Waals surface area contributed by atoms with Gasteiger partial charge in [-0.3, -0.25) is 9.59 Å². The fourth-order valence-corrected chi connectivity index (χ4v) is 3.92. The number of ketones is 1. The normalized spacial score (nSPS) is 11.1. The SMILES string of the molecule is COCCn1c(=O)cc(-c2cccc(Cl)c2)c2cc(C(=O)c3ccc(Cl)cc3)ccc21. The number of methoxy groups -OCH3 is 1. The maximum atomic E-state index is 13.1. The van der Waals surface area contributed by atoms with E-state index >= 15 is 0 Å². The summed E-state index contributed by atoms with van der Waals surface area (Å²) in [6.45, 7) is 0.809. The smallest absolute Gasteiger partial charge is 0.251 e. The molecule has 0 atom stereocenters. The van der Waals surface area contributed by atoms with Crippen molar-refractivity contribution in [1.82, 2.24) is 4.57 Å². The van der Waals surface area contributed by atoms with Crippen LogP contribution in [0.15, 0.2) is 77.6 Å². The Balaban J connectivity index is 1.93. The average Bonchev–Trinajstić information content (AvgIpc) is 2.78. The number of hydrogen-bond acceptors (Lipinski definition) is 3. The highest BCUT2D eigenvalue weighted by Crippen LogP contribution is 2.30. The molecule has 0 spiro atoms. The number of halogens is 2. The van der Waals surface area contributed by atoms with Crippen LogP contribution >= 0.6 is 23.2 Å². The molecule has 0 bridgehead atoms. The molecule has 0 aliphatic heterocycles. The van der Waals surface area contributed by atoms with E-state index in [0.29, 0.717) is 34.3 Å². The highest BCUT2D eigenvalue weighted by molar-refractivity contribution is 6.31. The zero-order valence-corrected chi connectivity index (χ0v) is 18.3. The average molecular weight is 452 g/mol. The Bertz CT molecular complexity index is 1330. The van der Waals surface area contributed by atoms with Crippen molar-refractivity contribution in [3.05, 3.63) is 104 Å². The molecule has 0 amide bonds. The maximum Gasteiger partial charge on any atom is 0.251 e. The summed E-state index contributed by atoms with van der Waals surface area (Å²) < 4.78 is 6.82. The Morgan fingerprint density at radius 3 is 2.35 bits per heavy atom. The van der Waals surface area contributed by atoms with Crippen LogP contribution in [0.4, 0.5) is 0 Å². The van der Waals surface area contributed by atoms with Crippen LogP contribution in [0.25, 0.3) is 22.0 Å². The second-order valence-corrected chi connectivity index (χ2v) is 7.99. The van der Waals surface area contributed by atoms with E-state index in [-0.39, 0.29) is 11.3 Å². The zero-order valence-electron chi connectivity index (χ0n) is 16.8. The van der Waals surface area contributed by atoms with Gasteiger partial charge in [-0.05, 0) is 65.7 Å². The van der Waals surface area contributed by atoms with E-state index in [0.717, 1.165) is 22.0 Å². The van der Waals surface area contributed by atoms with Gasteiger partial charge in [-0.15, -0.1) is 0 Å². The minimum absolute atomic E-state index is 0.120. The van der Waals surface area contributed by atoms with Crippen LogP contribution in [0.1, 0.15) is 15.9 Å². The maximum absolute atomic E-state index is 13.1. The molecule has 1 aromatic heterocycles. The first-order valence-electron chi connectivity index (χ1n) is 9.70. The number of ether oxygens (including phenoxy) is 1. The van der Waals surface area contributed by atoms with Gasteiger partial charge >= 0.3 is 0 Å². The molecule has 6 heteroatoms. The van der Waals surface area contributed by atoms with E-state index in [9.17, 15) is 9.59 Å². The summed E-state index contributed by atoms with van der Waals surface area (Å²) in [7, 11) is 1.59. The minimum atomic E-state index is -0.142. The van der Waals surface area contributed by atoms with Gasteiger partial charge in [0.1, 0.15) is 0 Å². The summed E-state index contributed by atoms with van der Waals surface area (Å²) in [4.78, 5) is 26.0. The highest BCUT2D eigenvalue weighted by Gasteiger charge is 2.15. The summed E-state index contributed by atoms with van der Waals surface area (Å²) in [6, 6.07) is 21.1. The Morgan fingerprint density at radius 1 is 0.903 bits per heavy atom. The largest absolute Gasteiger partial charge is 0.383 e. The van der Waals surface area contributed by atoms with Gasteiger partial charge in [0.25, 0.3) is 5.56 Å². The van der Waals surface area contributed by atoms with E-state index in [2.05, 4.69) is 0 Å². The molecule has 31 heavy (non-hydrogen) atoms. The van der Waals surface area contributed by atoms with E-state index in [1.54, 1.807) is 54.1 Å². The predicted molar refractivity (Wildman–Crippen MR) is 125 cm³/mol. The molecule has 0 radical (unpaired) electrons. The van der Waals surface area contributed by atoms with Gasteiger partial charge < -0.3 is 9.30 Å². The lowest BCUT2D eigenvalue weighted by Crippen LogP contribution is -2.22. The van der Waals surface area contributed by atoms with Crippen molar-refractivity contribution in [2.75, 3.05) is 13.7 Å². The molecule has 0 saturated carbocycles. The molecule has 0 aliphatic carbocycles. The topological polar surface area (TPSA) is 48.3 Å². The summed E-state index contributed by atoms with van der Waals surface area (Å²) in [6.07, 6.45) is 0. The lowest BCUT2D eigenvalue weighted by Gasteiger charge is -2.15. The van der Waals surface area contributed by atoms with Gasteiger partial charge in [0.05, 0.1) is 12.1 Å². The second-order valence-electron chi connectivity index (χ2n) is 7.12. The molecule has 1 heterocycles. The quantitative estimate of drug-likeness (QED) is 0.345. The first-order valence-corrected chi connectivity index (χ1v) is 10.5. The van der Waals surface area contributed by atoms with Crippen LogP contribution in [0.3, 0.4) is 0 Å². The van der Waals surface area contributed by atoms with Gasteiger partial charge in [-0.1, -0.05) is 35.3 Å². The number of carbonyl (C=O) groups excluding carboxylic acids is 1. The molecule has 0 saturated heterocycles. The molecule has 156 valence electrons. The van der Waals surface area contributed by atoms with Gasteiger partial charge in [-0.25, -0.2) is 0 Å². The standard InChI is InChI=1S/C25H19Cl2NO3/c1-31-12-11-28-23-10-7-18(25(30)16-5-8-19(26)9-6-16)14-22(23)21(15-24(28)29)17-3-2-4-20(27)13-17/h2-10,13-15H,11-12H2,1H3. The van der Waals surface area contributed by atoms with Crippen LogP contribution in [0.5, 0.6) is 0 Å². The predicted octanol–water partition coefficient (Wildman–Crippen LogP) is 5.85. The minimum Gasteiger partial charge on any atom is -0.383 e.